The molecule has 0 atom stereocenters. The van der Waals surface area contributed by atoms with E-state index >= 15 is 0 Å². The Balaban J connectivity index is 0.000000706. The molecule has 4 rings (SSSR count). The van der Waals surface area contributed by atoms with Gasteiger partial charge in [-0.05, 0) is 36.8 Å². The number of fused-ring (bicyclic) bond motifs is 1. The summed E-state index contributed by atoms with van der Waals surface area (Å²) in [5.41, 5.74) is 3.12. The number of hydrogen-bond donors (Lipinski definition) is 2. The average Bonchev–Trinajstić information content (AvgIpc) is 3.10. The Hall–Kier alpha value is -2.91. The molecule has 8 nitrogen and oxygen atoms in total. The lowest BCUT2D eigenvalue weighted by Crippen LogP contribution is -2.43. The molecule has 2 N–H and O–H groups in total. The number of hydrogen-bond acceptors (Lipinski definition) is 6. The van der Waals surface area contributed by atoms with Crippen molar-refractivity contribution in [1.29, 1.82) is 0 Å². The first-order valence-corrected chi connectivity index (χ1v) is 10.2. The van der Waals surface area contributed by atoms with Crippen LogP contribution in [0.25, 0.3) is 11.0 Å². The number of carbonyl (C=O) groups is 1. The Bertz CT molecular complexity index is 1070. The van der Waals surface area contributed by atoms with E-state index in [1.165, 1.54) is 3.97 Å². The molecule has 0 saturated carbocycles. The maximum absolute atomic E-state index is 13.2. The quantitative estimate of drug-likeness (QED) is 0.643. The summed E-state index contributed by atoms with van der Waals surface area (Å²) in [7, 11) is -3.67. The van der Waals surface area contributed by atoms with Gasteiger partial charge in [0.2, 0.25) is 0 Å². The molecule has 1 aromatic carbocycles. The van der Waals surface area contributed by atoms with Gasteiger partial charge in [0.25, 0.3) is 16.5 Å². The number of aromatic nitrogens is 2. The van der Waals surface area contributed by atoms with Gasteiger partial charge in [-0.1, -0.05) is 12.1 Å². The highest BCUT2D eigenvalue weighted by Gasteiger charge is 2.24. The molecule has 0 radical (unpaired) electrons. The van der Waals surface area contributed by atoms with Crippen LogP contribution in [0.15, 0.2) is 53.7 Å². The number of nitrogens with one attached hydrogen (secondary N) is 1. The van der Waals surface area contributed by atoms with E-state index in [0.717, 1.165) is 42.9 Å². The van der Waals surface area contributed by atoms with Crippen molar-refractivity contribution in [3.05, 3.63) is 54.4 Å². The van der Waals surface area contributed by atoms with Gasteiger partial charge in [-0.3, -0.25) is 9.78 Å². The van der Waals surface area contributed by atoms with Gasteiger partial charge < -0.3 is 15.3 Å². The van der Waals surface area contributed by atoms with Crippen LogP contribution in [0.1, 0.15) is 5.56 Å². The molecule has 0 amide bonds. The van der Waals surface area contributed by atoms with Crippen LogP contribution in [0.3, 0.4) is 0 Å². The smallest absolute Gasteiger partial charge is 0.290 e. The van der Waals surface area contributed by atoms with Crippen LogP contribution in [-0.4, -0.2) is 55.1 Å². The third-order valence-corrected chi connectivity index (χ3v) is 6.18. The number of pyridine rings is 1. The van der Waals surface area contributed by atoms with E-state index in [9.17, 15) is 8.42 Å². The van der Waals surface area contributed by atoms with E-state index < -0.39 is 10.0 Å². The summed E-state index contributed by atoms with van der Waals surface area (Å²) < 4.78 is 27.8. The number of piperazine rings is 1. The summed E-state index contributed by atoms with van der Waals surface area (Å²) >= 11 is 0. The fourth-order valence-corrected chi connectivity index (χ4v) is 4.70. The lowest BCUT2D eigenvalue weighted by atomic mass is 10.2. The first-order valence-electron chi connectivity index (χ1n) is 8.81. The van der Waals surface area contributed by atoms with Crippen molar-refractivity contribution in [3.8, 4) is 0 Å². The summed E-state index contributed by atoms with van der Waals surface area (Å²) in [5.74, 6) is 0. The van der Waals surface area contributed by atoms with Crippen molar-refractivity contribution in [1.82, 2.24) is 14.3 Å². The van der Waals surface area contributed by atoms with Crippen molar-refractivity contribution in [2.45, 2.75) is 11.8 Å². The molecular formula is C19H22N4O4S. The molecule has 1 saturated heterocycles. The van der Waals surface area contributed by atoms with Crippen LogP contribution in [0.5, 0.6) is 0 Å². The van der Waals surface area contributed by atoms with Crippen molar-refractivity contribution in [2.75, 3.05) is 31.1 Å². The number of anilines is 1. The molecule has 2 aromatic heterocycles. The molecule has 0 aliphatic carbocycles. The minimum absolute atomic E-state index is 0.250. The molecule has 0 spiro atoms. The third-order valence-electron chi connectivity index (χ3n) is 4.51. The van der Waals surface area contributed by atoms with E-state index in [1.807, 2.05) is 13.0 Å². The Kier molecular flexibility index (Phi) is 5.96. The predicted octanol–water partition coefficient (Wildman–Crippen LogP) is 1.69. The lowest BCUT2D eigenvalue weighted by molar-refractivity contribution is -0.122. The Morgan fingerprint density at radius 2 is 1.89 bits per heavy atom. The van der Waals surface area contributed by atoms with Gasteiger partial charge in [-0.2, -0.15) is 0 Å². The van der Waals surface area contributed by atoms with Gasteiger partial charge in [-0.15, -0.1) is 0 Å². The van der Waals surface area contributed by atoms with Crippen LogP contribution in [0.4, 0.5) is 5.69 Å². The van der Waals surface area contributed by atoms with Gasteiger partial charge in [0.1, 0.15) is 5.52 Å². The van der Waals surface area contributed by atoms with Gasteiger partial charge in [0.05, 0.1) is 16.1 Å². The zero-order valence-corrected chi connectivity index (χ0v) is 16.3. The number of aryl methyl sites for hydroxylation is 1. The molecule has 0 bridgehead atoms. The molecule has 3 aromatic rings. The number of carboxylic acid groups (broad SMARTS) is 1. The van der Waals surface area contributed by atoms with Gasteiger partial charge >= 0.3 is 0 Å². The van der Waals surface area contributed by atoms with Crippen LogP contribution in [0.2, 0.25) is 0 Å². The van der Waals surface area contributed by atoms with Crippen molar-refractivity contribution in [2.24, 2.45) is 0 Å². The SMILES string of the molecule is Cc1cccc(S(=O)(=O)n2cc(N3CCNCC3)c3ncccc32)c1.O=CO. The predicted molar refractivity (Wildman–Crippen MR) is 107 cm³/mol. The van der Waals surface area contributed by atoms with Crippen molar-refractivity contribution < 1.29 is 18.3 Å². The molecule has 3 heterocycles. The van der Waals surface area contributed by atoms with Crippen LogP contribution >= 0.6 is 0 Å². The zero-order valence-electron chi connectivity index (χ0n) is 15.4. The van der Waals surface area contributed by atoms with E-state index in [-0.39, 0.29) is 6.47 Å². The van der Waals surface area contributed by atoms with Crippen LogP contribution in [-0.2, 0) is 14.8 Å². The number of rotatable bonds is 3. The van der Waals surface area contributed by atoms with E-state index in [4.69, 9.17) is 9.90 Å². The Morgan fingerprint density at radius 1 is 1.18 bits per heavy atom. The summed E-state index contributed by atoms with van der Waals surface area (Å²) in [6, 6.07) is 10.6. The fraction of sp³-hybridized carbons (Fsp3) is 0.263. The maximum Gasteiger partial charge on any atom is 0.290 e. The fourth-order valence-electron chi connectivity index (χ4n) is 3.24. The van der Waals surface area contributed by atoms with Crippen molar-refractivity contribution in [3.63, 3.8) is 0 Å². The topological polar surface area (TPSA) is 105 Å². The normalized spacial score (nSPS) is 14.4. The average molecular weight is 402 g/mol. The van der Waals surface area contributed by atoms with Gasteiger partial charge in [0.15, 0.2) is 0 Å². The van der Waals surface area contributed by atoms with Crippen molar-refractivity contribution >= 4 is 33.2 Å². The highest BCUT2D eigenvalue weighted by molar-refractivity contribution is 7.90. The molecule has 9 heteroatoms. The summed E-state index contributed by atoms with van der Waals surface area (Å²) in [4.78, 5) is 15.3. The molecular weight excluding hydrogens is 380 g/mol. The van der Waals surface area contributed by atoms with E-state index in [0.29, 0.717) is 10.4 Å². The lowest BCUT2D eigenvalue weighted by Gasteiger charge is -2.28. The Morgan fingerprint density at radius 3 is 2.57 bits per heavy atom. The molecule has 1 aliphatic rings. The largest absolute Gasteiger partial charge is 0.483 e. The molecule has 148 valence electrons. The monoisotopic (exact) mass is 402 g/mol. The number of nitrogens with zero attached hydrogens (tertiary/aromatic N) is 3. The highest BCUT2D eigenvalue weighted by atomic mass is 32.2. The summed E-state index contributed by atoms with van der Waals surface area (Å²) in [6.45, 7) is 5.06. The first kappa shape index (κ1) is 19.8. The summed E-state index contributed by atoms with van der Waals surface area (Å²) in [6.07, 6.45) is 3.41. The summed E-state index contributed by atoms with van der Waals surface area (Å²) in [5, 5.41) is 10.2. The van der Waals surface area contributed by atoms with Gasteiger partial charge in [-0.25, -0.2) is 12.4 Å². The van der Waals surface area contributed by atoms with Gasteiger partial charge in [0, 0.05) is 38.6 Å². The molecule has 0 unspecified atom stereocenters. The third kappa shape index (κ3) is 3.85. The van der Waals surface area contributed by atoms with E-state index in [2.05, 4.69) is 15.2 Å². The minimum atomic E-state index is -3.67. The molecule has 1 fully saturated rings. The standard InChI is InChI=1S/C18H20N4O2S.CH2O2/c1-14-4-2-5-15(12-14)25(23,24)22-13-17(21-10-8-19-9-11-21)18-16(22)6-3-7-20-18;2-1-3/h2-7,12-13,19H,8-11H2,1H3;1H,(H,2,3). The van der Waals surface area contributed by atoms with E-state index in [1.54, 1.807) is 42.7 Å². The minimum Gasteiger partial charge on any atom is -0.483 e. The highest BCUT2D eigenvalue weighted by Crippen LogP contribution is 2.30. The Labute approximate surface area is 163 Å². The molecule has 1 aliphatic heterocycles. The second-order valence-corrected chi connectivity index (χ2v) is 8.16. The number of benzene rings is 1. The van der Waals surface area contributed by atoms with Crippen LogP contribution in [0, 0.1) is 6.92 Å². The first-order chi connectivity index (χ1) is 13.5. The maximum atomic E-state index is 13.2. The molecule has 28 heavy (non-hydrogen) atoms. The second kappa shape index (κ2) is 8.41. The zero-order chi connectivity index (χ0) is 20.1. The van der Waals surface area contributed by atoms with Crippen LogP contribution < -0.4 is 10.2 Å². The second-order valence-electron chi connectivity index (χ2n) is 6.35.